The Kier molecular flexibility index (Phi) is 6.22. The number of aromatic nitrogens is 1. The summed E-state index contributed by atoms with van der Waals surface area (Å²) in [6, 6.07) is 3.82. The number of aryl methyl sites for hydroxylation is 1. The van der Waals surface area contributed by atoms with Crippen LogP contribution >= 0.6 is 0 Å². The molecule has 1 aromatic carbocycles. The van der Waals surface area contributed by atoms with Gasteiger partial charge in [-0.2, -0.15) is 4.31 Å². The molecule has 0 bridgehead atoms. The van der Waals surface area contributed by atoms with Gasteiger partial charge >= 0.3 is 5.97 Å². The van der Waals surface area contributed by atoms with Gasteiger partial charge in [-0.15, -0.1) is 0 Å². The molecule has 8 nitrogen and oxygen atoms in total. The molecule has 1 aromatic heterocycles. The normalized spacial score (nSPS) is 15.7. The number of halogens is 2. The van der Waals surface area contributed by atoms with Crippen LogP contribution in [-0.2, 0) is 26.6 Å². The van der Waals surface area contributed by atoms with Crippen LogP contribution in [0.1, 0.15) is 30.3 Å². The highest BCUT2D eigenvalue weighted by Gasteiger charge is 2.30. The third kappa shape index (κ3) is 4.51. The molecule has 1 N–H and O–H groups in total. The molecule has 1 unspecified atom stereocenters. The van der Waals surface area contributed by atoms with Crippen molar-refractivity contribution in [2.45, 2.75) is 30.8 Å². The number of nitrogens with zero attached hydrogens (tertiary/aromatic N) is 2. The third-order valence-electron chi connectivity index (χ3n) is 4.73. The van der Waals surface area contributed by atoms with Crippen LogP contribution in [-0.4, -0.2) is 48.4 Å². The Morgan fingerprint density at radius 3 is 2.47 bits per heavy atom. The quantitative estimate of drug-likeness (QED) is 0.694. The summed E-state index contributed by atoms with van der Waals surface area (Å²) in [6.45, 7) is 2.13. The molecule has 3 rings (SSSR count). The lowest BCUT2D eigenvalue weighted by molar-refractivity contribution is -0.123. The number of sulfonamides is 1. The van der Waals surface area contributed by atoms with E-state index in [2.05, 4.69) is 5.32 Å². The van der Waals surface area contributed by atoms with E-state index < -0.39 is 39.6 Å². The second-order valence-electron chi connectivity index (χ2n) is 6.94. The highest BCUT2D eigenvalue weighted by atomic mass is 32.2. The Hall–Kier alpha value is -2.79. The Labute approximate surface area is 172 Å². The van der Waals surface area contributed by atoms with Crippen LogP contribution in [0.4, 0.5) is 14.5 Å². The van der Waals surface area contributed by atoms with E-state index in [9.17, 15) is 26.8 Å². The topological polar surface area (TPSA) is 97.7 Å². The van der Waals surface area contributed by atoms with E-state index in [-0.39, 0.29) is 16.3 Å². The van der Waals surface area contributed by atoms with Gasteiger partial charge in [0.05, 0.1) is 5.69 Å². The van der Waals surface area contributed by atoms with Gasteiger partial charge in [-0.3, -0.25) is 4.79 Å². The van der Waals surface area contributed by atoms with Crippen LogP contribution in [0.3, 0.4) is 0 Å². The van der Waals surface area contributed by atoms with E-state index in [1.807, 2.05) is 0 Å². The number of carbonyl (C=O) groups excluding carboxylic acids is 2. The molecule has 1 saturated heterocycles. The highest BCUT2D eigenvalue weighted by molar-refractivity contribution is 7.89. The van der Waals surface area contributed by atoms with Crippen molar-refractivity contribution in [1.82, 2.24) is 8.87 Å². The maximum Gasteiger partial charge on any atom is 0.355 e. The van der Waals surface area contributed by atoms with Crippen LogP contribution in [0, 0.1) is 11.6 Å². The smallest absolute Gasteiger partial charge is 0.355 e. The van der Waals surface area contributed by atoms with Crippen molar-refractivity contribution in [2.24, 2.45) is 7.05 Å². The lowest BCUT2D eigenvalue weighted by Crippen LogP contribution is -2.30. The minimum Gasteiger partial charge on any atom is -0.448 e. The van der Waals surface area contributed by atoms with Crippen LogP contribution in [0.25, 0.3) is 0 Å². The van der Waals surface area contributed by atoms with Gasteiger partial charge in [0.2, 0.25) is 10.0 Å². The van der Waals surface area contributed by atoms with Gasteiger partial charge in [-0.1, -0.05) is 0 Å². The number of esters is 1. The summed E-state index contributed by atoms with van der Waals surface area (Å²) in [7, 11) is -2.23. The standard InChI is InChI=1S/C19H21F2N3O5S/c1-12(18(25)22-16-6-5-13(20)9-15(16)21)29-19(26)17-10-14(11-23(17)2)30(27,28)24-7-3-4-8-24/h5-6,9-12H,3-4,7-8H2,1-2H3,(H,22,25). The average molecular weight is 441 g/mol. The van der Waals surface area contributed by atoms with E-state index >= 15 is 0 Å². The number of rotatable bonds is 6. The molecule has 0 saturated carbocycles. The first kappa shape index (κ1) is 21.9. The first-order valence-electron chi connectivity index (χ1n) is 9.23. The predicted molar refractivity (Wildman–Crippen MR) is 103 cm³/mol. The van der Waals surface area contributed by atoms with Crippen molar-refractivity contribution in [3.8, 4) is 0 Å². The number of anilines is 1. The van der Waals surface area contributed by atoms with Gasteiger partial charge in [-0.25, -0.2) is 22.0 Å². The molecule has 1 fully saturated rings. The molecule has 2 heterocycles. The molecular formula is C19H21F2N3O5S. The summed E-state index contributed by atoms with van der Waals surface area (Å²) in [6.07, 6.45) is 1.56. The van der Waals surface area contributed by atoms with Gasteiger partial charge < -0.3 is 14.6 Å². The van der Waals surface area contributed by atoms with E-state index in [1.54, 1.807) is 0 Å². The molecule has 2 aromatic rings. The first-order chi connectivity index (χ1) is 14.1. The Bertz CT molecular complexity index is 1080. The molecule has 0 aliphatic carbocycles. The maximum absolute atomic E-state index is 13.7. The number of hydrogen-bond acceptors (Lipinski definition) is 5. The molecule has 1 amide bonds. The minimum atomic E-state index is -3.71. The minimum absolute atomic E-state index is 0.0377. The fourth-order valence-electron chi connectivity index (χ4n) is 3.06. The maximum atomic E-state index is 13.7. The molecule has 162 valence electrons. The summed E-state index contributed by atoms with van der Waals surface area (Å²) in [4.78, 5) is 24.6. The molecule has 1 aliphatic heterocycles. The number of amides is 1. The molecule has 1 aliphatic rings. The van der Waals surface area contributed by atoms with E-state index in [1.165, 1.54) is 35.1 Å². The fraction of sp³-hybridized carbons (Fsp3) is 0.368. The number of nitrogens with one attached hydrogen (secondary N) is 1. The lowest BCUT2D eigenvalue weighted by Gasteiger charge is -2.14. The lowest BCUT2D eigenvalue weighted by atomic mass is 10.2. The molecular weight excluding hydrogens is 420 g/mol. The molecule has 1 atom stereocenters. The van der Waals surface area contributed by atoms with Gasteiger partial charge in [0.25, 0.3) is 5.91 Å². The Balaban J connectivity index is 1.69. The van der Waals surface area contributed by atoms with Crippen molar-refractivity contribution in [2.75, 3.05) is 18.4 Å². The zero-order valence-electron chi connectivity index (χ0n) is 16.4. The summed E-state index contributed by atoms with van der Waals surface area (Å²) < 4.78 is 59.7. The van der Waals surface area contributed by atoms with Gasteiger partial charge in [-0.05, 0) is 38.0 Å². The predicted octanol–water partition coefficient (Wildman–Crippen LogP) is 2.27. The Morgan fingerprint density at radius 1 is 1.17 bits per heavy atom. The van der Waals surface area contributed by atoms with Crippen LogP contribution in [0.5, 0.6) is 0 Å². The van der Waals surface area contributed by atoms with Gasteiger partial charge in [0, 0.05) is 32.4 Å². The van der Waals surface area contributed by atoms with Crippen LogP contribution in [0.15, 0.2) is 35.4 Å². The third-order valence-corrected chi connectivity index (χ3v) is 6.60. The summed E-state index contributed by atoms with van der Waals surface area (Å²) in [5.41, 5.74) is -0.317. The summed E-state index contributed by atoms with van der Waals surface area (Å²) >= 11 is 0. The molecule has 30 heavy (non-hydrogen) atoms. The van der Waals surface area contributed by atoms with Crippen LogP contribution < -0.4 is 5.32 Å². The van der Waals surface area contributed by atoms with E-state index in [0.717, 1.165) is 25.0 Å². The van der Waals surface area contributed by atoms with Crippen molar-refractivity contribution >= 4 is 27.6 Å². The van der Waals surface area contributed by atoms with Crippen molar-refractivity contribution < 1.29 is 31.5 Å². The fourth-order valence-corrected chi connectivity index (χ4v) is 4.64. The van der Waals surface area contributed by atoms with Crippen molar-refractivity contribution in [3.63, 3.8) is 0 Å². The highest BCUT2D eigenvalue weighted by Crippen LogP contribution is 2.23. The van der Waals surface area contributed by atoms with Crippen LogP contribution in [0.2, 0.25) is 0 Å². The van der Waals surface area contributed by atoms with Gasteiger partial charge in [0.15, 0.2) is 6.10 Å². The molecule has 11 heteroatoms. The SMILES string of the molecule is CC(OC(=O)c1cc(S(=O)(=O)N2CCCC2)cn1C)C(=O)Nc1ccc(F)cc1F. The largest absolute Gasteiger partial charge is 0.448 e. The van der Waals surface area contributed by atoms with Crippen molar-refractivity contribution in [1.29, 1.82) is 0 Å². The summed E-state index contributed by atoms with van der Waals surface area (Å²) in [5.74, 6) is -3.51. The van der Waals surface area contributed by atoms with Gasteiger partial charge in [0.1, 0.15) is 22.2 Å². The second-order valence-corrected chi connectivity index (χ2v) is 8.88. The number of ether oxygens (including phenoxy) is 1. The zero-order valence-corrected chi connectivity index (χ0v) is 17.2. The molecule has 0 radical (unpaired) electrons. The monoisotopic (exact) mass is 441 g/mol. The van der Waals surface area contributed by atoms with Crippen molar-refractivity contribution in [3.05, 3.63) is 47.8 Å². The van der Waals surface area contributed by atoms with E-state index in [0.29, 0.717) is 19.2 Å². The number of hydrogen-bond donors (Lipinski definition) is 1. The second kappa shape index (κ2) is 8.52. The molecule has 0 spiro atoms. The van der Waals surface area contributed by atoms with E-state index in [4.69, 9.17) is 4.74 Å². The number of carbonyl (C=O) groups is 2. The summed E-state index contributed by atoms with van der Waals surface area (Å²) in [5, 5.41) is 2.21. The number of benzene rings is 1. The Morgan fingerprint density at radius 2 is 1.83 bits per heavy atom. The zero-order chi connectivity index (χ0) is 22.1. The average Bonchev–Trinajstić information content (AvgIpc) is 3.34. The first-order valence-corrected chi connectivity index (χ1v) is 10.7.